The summed E-state index contributed by atoms with van der Waals surface area (Å²) in [6, 6.07) is 5.82. The molecule has 90 valence electrons. The molecule has 0 heterocycles. The Kier molecular flexibility index (Phi) is 4.43. The van der Waals surface area contributed by atoms with Crippen LogP contribution in [0.15, 0.2) is 18.2 Å². The lowest BCUT2D eigenvalue weighted by molar-refractivity contribution is 0.0676. The van der Waals surface area contributed by atoms with Crippen LogP contribution in [0.25, 0.3) is 0 Å². The van der Waals surface area contributed by atoms with E-state index in [4.69, 9.17) is 9.57 Å². The van der Waals surface area contributed by atoms with Crippen LogP contribution in [0, 0.1) is 0 Å². The van der Waals surface area contributed by atoms with Crippen molar-refractivity contribution >= 4 is 11.4 Å². The summed E-state index contributed by atoms with van der Waals surface area (Å²) in [4.78, 5) is 5.60. The van der Waals surface area contributed by atoms with E-state index in [2.05, 4.69) is 5.32 Å². The molecule has 0 aromatic heterocycles. The zero-order valence-electron chi connectivity index (χ0n) is 10.6. The number of hydrogen-bond acceptors (Lipinski definition) is 4. The van der Waals surface area contributed by atoms with Crippen molar-refractivity contribution in [2.75, 3.05) is 31.6 Å². The van der Waals surface area contributed by atoms with Crippen molar-refractivity contribution in [2.24, 2.45) is 0 Å². The monoisotopic (exact) mass is 224 g/mol. The second-order valence-electron chi connectivity index (χ2n) is 3.78. The third-order valence-electron chi connectivity index (χ3n) is 2.18. The molecule has 1 aromatic rings. The van der Waals surface area contributed by atoms with E-state index in [0.717, 1.165) is 17.1 Å². The molecule has 0 spiro atoms. The Bertz CT molecular complexity index is 340. The molecule has 0 fully saturated rings. The van der Waals surface area contributed by atoms with Gasteiger partial charge in [-0.25, -0.2) is 0 Å². The number of anilines is 2. The number of ether oxygens (including phenoxy) is 1. The smallest absolute Gasteiger partial charge is 0.121 e. The lowest BCUT2D eigenvalue weighted by atomic mass is 10.2. The van der Waals surface area contributed by atoms with Gasteiger partial charge in [-0.05, 0) is 26.0 Å². The van der Waals surface area contributed by atoms with Gasteiger partial charge in [-0.1, -0.05) is 0 Å². The molecular weight excluding hydrogens is 204 g/mol. The van der Waals surface area contributed by atoms with E-state index in [9.17, 15) is 0 Å². The molecule has 1 N–H and O–H groups in total. The van der Waals surface area contributed by atoms with Crippen molar-refractivity contribution in [3.63, 3.8) is 0 Å². The first-order valence-corrected chi connectivity index (χ1v) is 5.34. The van der Waals surface area contributed by atoms with E-state index in [0.29, 0.717) is 0 Å². The van der Waals surface area contributed by atoms with Crippen LogP contribution < -0.4 is 15.1 Å². The summed E-state index contributed by atoms with van der Waals surface area (Å²) in [5, 5.41) is 4.88. The van der Waals surface area contributed by atoms with Crippen molar-refractivity contribution in [2.45, 2.75) is 20.0 Å². The molecule has 0 aliphatic heterocycles. The topological polar surface area (TPSA) is 33.7 Å². The Morgan fingerprint density at radius 2 is 2.00 bits per heavy atom. The molecule has 4 nitrogen and oxygen atoms in total. The van der Waals surface area contributed by atoms with E-state index in [-0.39, 0.29) is 6.10 Å². The van der Waals surface area contributed by atoms with Crippen LogP contribution in [0.3, 0.4) is 0 Å². The molecule has 1 rings (SSSR count). The molecule has 0 aliphatic rings. The molecule has 4 heteroatoms. The fourth-order valence-corrected chi connectivity index (χ4v) is 1.49. The Morgan fingerprint density at radius 3 is 2.50 bits per heavy atom. The minimum Gasteiger partial charge on any atom is -0.497 e. The maximum Gasteiger partial charge on any atom is 0.121 e. The summed E-state index contributed by atoms with van der Waals surface area (Å²) in [7, 11) is 5.42. The molecule has 0 saturated carbocycles. The van der Waals surface area contributed by atoms with Gasteiger partial charge < -0.3 is 10.1 Å². The van der Waals surface area contributed by atoms with Gasteiger partial charge in [0.1, 0.15) is 5.75 Å². The third-order valence-corrected chi connectivity index (χ3v) is 2.18. The molecule has 0 bridgehead atoms. The van der Waals surface area contributed by atoms with Gasteiger partial charge in [0.05, 0.1) is 24.6 Å². The highest BCUT2D eigenvalue weighted by molar-refractivity contribution is 5.70. The minimum absolute atomic E-state index is 0.150. The van der Waals surface area contributed by atoms with Gasteiger partial charge in [-0.2, -0.15) is 0 Å². The summed E-state index contributed by atoms with van der Waals surface area (Å²) < 4.78 is 5.17. The maximum absolute atomic E-state index is 5.60. The quantitative estimate of drug-likeness (QED) is 0.779. The number of nitrogens with one attached hydrogen (secondary N) is 1. The lowest BCUT2D eigenvalue weighted by Crippen LogP contribution is -2.23. The highest BCUT2D eigenvalue weighted by Gasteiger charge is 2.09. The number of methoxy groups -OCH3 is 1. The average molecular weight is 224 g/mol. The molecule has 0 aliphatic carbocycles. The fourth-order valence-electron chi connectivity index (χ4n) is 1.49. The van der Waals surface area contributed by atoms with E-state index < -0.39 is 0 Å². The average Bonchev–Trinajstić information content (AvgIpc) is 2.27. The van der Waals surface area contributed by atoms with Gasteiger partial charge in [0.15, 0.2) is 0 Å². The van der Waals surface area contributed by atoms with Gasteiger partial charge >= 0.3 is 0 Å². The zero-order chi connectivity index (χ0) is 12.1. The van der Waals surface area contributed by atoms with Crippen molar-refractivity contribution < 1.29 is 9.57 Å². The molecule has 0 radical (unpaired) electrons. The van der Waals surface area contributed by atoms with Crippen LogP contribution in [0.1, 0.15) is 13.8 Å². The molecule has 1 aromatic carbocycles. The van der Waals surface area contributed by atoms with Crippen LogP contribution in [0.4, 0.5) is 11.4 Å². The van der Waals surface area contributed by atoms with Gasteiger partial charge in [-0.3, -0.25) is 9.90 Å². The highest BCUT2D eigenvalue weighted by Crippen LogP contribution is 2.29. The first-order valence-electron chi connectivity index (χ1n) is 5.34. The molecule has 0 amide bonds. The Labute approximate surface area is 97.1 Å². The van der Waals surface area contributed by atoms with Gasteiger partial charge in [0.25, 0.3) is 0 Å². The number of benzene rings is 1. The molecule has 0 atom stereocenters. The van der Waals surface area contributed by atoms with Crippen molar-refractivity contribution in [1.29, 1.82) is 0 Å². The second kappa shape index (κ2) is 5.61. The first kappa shape index (κ1) is 12.6. The Balaban J connectivity index is 2.94. The van der Waals surface area contributed by atoms with Crippen LogP contribution >= 0.6 is 0 Å². The molecular formula is C12H20N2O2. The summed E-state index contributed by atoms with van der Waals surface area (Å²) in [6.07, 6.45) is 0.150. The van der Waals surface area contributed by atoms with Gasteiger partial charge in [0.2, 0.25) is 0 Å². The standard InChI is InChI=1S/C12H20N2O2/c1-9(2)16-14(4)12-7-6-10(15-5)8-11(12)13-3/h6-9,13H,1-5H3. The third kappa shape index (κ3) is 3.03. The summed E-state index contributed by atoms with van der Waals surface area (Å²) in [5.41, 5.74) is 1.96. The predicted octanol–water partition coefficient (Wildman–Crippen LogP) is 2.51. The van der Waals surface area contributed by atoms with Crippen molar-refractivity contribution in [3.05, 3.63) is 18.2 Å². The lowest BCUT2D eigenvalue weighted by Gasteiger charge is -2.24. The second-order valence-corrected chi connectivity index (χ2v) is 3.78. The maximum atomic E-state index is 5.60. The zero-order valence-corrected chi connectivity index (χ0v) is 10.6. The van der Waals surface area contributed by atoms with Crippen LogP contribution in [-0.4, -0.2) is 27.3 Å². The van der Waals surface area contributed by atoms with Crippen LogP contribution in [0.5, 0.6) is 5.75 Å². The number of hydrogen-bond donors (Lipinski definition) is 1. The van der Waals surface area contributed by atoms with E-state index in [1.807, 2.05) is 46.1 Å². The first-order chi connectivity index (χ1) is 7.58. The summed E-state index contributed by atoms with van der Waals surface area (Å²) in [6.45, 7) is 4.00. The SMILES string of the molecule is CNc1cc(OC)ccc1N(C)OC(C)C. The summed E-state index contributed by atoms with van der Waals surface area (Å²) >= 11 is 0. The van der Waals surface area contributed by atoms with E-state index in [1.54, 1.807) is 12.2 Å². The van der Waals surface area contributed by atoms with Crippen LogP contribution in [-0.2, 0) is 4.84 Å². The van der Waals surface area contributed by atoms with E-state index in [1.165, 1.54) is 0 Å². The molecule has 16 heavy (non-hydrogen) atoms. The normalized spacial score (nSPS) is 10.4. The van der Waals surface area contributed by atoms with Crippen LogP contribution in [0.2, 0.25) is 0 Å². The van der Waals surface area contributed by atoms with Crippen molar-refractivity contribution in [3.8, 4) is 5.75 Å². The number of hydroxylamine groups is 1. The van der Waals surface area contributed by atoms with Crippen molar-refractivity contribution in [1.82, 2.24) is 0 Å². The minimum atomic E-state index is 0.150. The Morgan fingerprint density at radius 1 is 1.31 bits per heavy atom. The summed E-state index contributed by atoms with van der Waals surface area (Å²) in [5.74, 6) is 0.825. The van der Waals surface area contributed by atoms with E-state index >= 15 is 0 Å². The Hall–Kier alpha value is -1.42. The predicted molar refractivity (Wildman–Crippen MR) is 67.2 cm³/mol. The van der Waals surface area contributed by atoms with Gasteiger partial charge in [-0.15, -0.1) is 0 Å². The molecule has 0 unspecified atom stereocenters. The number of rotatable bonds is 5. The fraction of sp³-hybridized carbons (Fsp3) is 0.500. The van der Waals surface area contributed by atoms with Gasteiger partial charge in [0, 0.05) is 20.2 Å². The molecule has 0 saturated heterocycles. The number of nitrogens with zero attached hydrogens (tertiary/aromatic N) is 1. The highest BCUT2D eigenvalue weighted by atomic mass is 16.7. The largest absolute Gasteiger partial charge is 0.497 e.